The maximum atomic E-state index is 10.8. The molecule has 1 rings (SSSR count). The van der Waals surface area contributed by atoms with E-state index in [1.807, 2.05) is 0 Å². The standard InChI is InChI=1S/C9H17NO3/c1-9(2,10(12)13)7-4-3-5-8(11)6-7/h7-8,11H,3-6H2,1-2H3/t7-,8-/m1/s1. The molecule has 0 heterocycles. The van der Waals surface area contributed by atoms with Crippen LogP contribution >= 0.6 is 0 Å². The van der Waals surface area contributed by atoms with Crippen LogP contribution in [0, 0.1) is 16.0 Å². The Morgan fingerprint density at radius 3 is 2.54 bits per heavy atom. The van der Waals surface area contributed by atoms with Crippen LogP contribution in [0.4, 0.5) is 0 Å². The van der Waals surface area contributed by atoms with Gasteiger partial charge in [-0.1, -0.05) is 6.42 Å². The van der Waals surface area contributed by atoms with Gasteiger partial charge in [0.1, 0.15) is 0 Å². The molecular weight excluding hydrogens is 170 g/mol. The number of hydrogen-bond donors (Lipinski definition) is 1. The summed E-state index contributed by atoms with van der Waals surface area (Å²) in [5, 5.41) is 20.2. The maximum Gasteiger partial charge on any atom is 0.219 e. The zero-order chi connectivity index (χ0) is 10.1. The van der Waals surface area contributed by atoms with E-state index in [2.05, 4.69) is 0 Å². The van der Waals surface area contributed by atoms with E-state index in [0.29, 0.717) is 6.42 Å². The highest BCUT2D eigenvalue weighted by atomic mass is 16.6. The van der Waals surface area contributed by atoms with Crippen molar-refractivity contribution in [2.24, 2.45) is 5.92 Å². The second-order valence-electron chi connectivity index (χ2n) is 4.43. The van der Waals surface area contributed by atoms with Gasteiger partial charge in [-0.3, -0.25) is 10.1 Å². The first-order valence-corrected chi connectivity index (χ1v) is 4.77. The summed E-state index contributed by atoms with van der Waals surface area (Å²) < 4.78 is 0. The number of hydrogen-bond acceptors (Lipinski definition) is 3. The van der Waals surface area contributed by atoms with E-state index in [9.17, 15) is 15.2 Å². The lowest BCUT2D eigenvalue weighted by Gasteiger charge is -2.32. The Labute approximate surface area is 78.1 Å². The van der Waals surface area contributed by atoms with Gasteiger partial charge in [0.15, 0.2) is 0 Å². The molecule has 0 spiro atoms. The first-order valence-electron chi connectivity index (χ1n) is 4.77. The van der Waals surface area contributed by atoms with Crippen LogP contribution in [0.1, 0.15) is 39.5 Å². The van der Waals surface area contributed by atoms with E-state index in [1.165, 1.54) is 0 Å². The van der Waals surface area contributed by atoms with Crippen LogP contribution < -0.4 is 0 Å². The molecular formula is C9H17NO3. The molecule has 0 aliphatic heterocycles. The second kappa shape index (κ2) is 3.62. The van der Waals surface area contributed by atoms with Gasteiger partial charge in [0, 0.05) is 24.7 Å². The van der Waals surface area contributed by atoms with Crippen molar-refractivity contribution in [1.29, 1.82) is 0 Å². The van der Waals surface area contributed by atoms with Crippen molar-refractivity contribution in [2.45, 2.75) is 51.2 Å². The van der Waals surface area contributed by atoms with Crippen LogP contribution in [0.2, 0.25) is 0 Å². The zero-order valence-corrected chi connectivity index (χ0v) is 8.19. The molecule has 1 saturated carbocycles. The molecule has 0 saturated heterocycles. The molecule has 4 nitrogen and oxygen atoms in total. The van der Waals surface area contributed by atoms with E-state index >= 15 is 0 Å². The van der Waals surface area contributed by atoms with Crippen LogP contribution in [-0.2, 0) is 0 Å². The summed E-state index contributed by atoms with van der Waals surface area (Å²) in [7, 11) is 0. The highest BCUT2D eigenvalue weighted by Gasteiger charge is 2.42. The van der Waals surface area contributed by atoms with E-state index in [0.717, 1.165) is 19.3 Å². The largest absolute Gasteiger partial charge is 0.393 e. The predicted molar refractivity (Wildman–Crippen MR) is 49.0 cm³/mol. The molecule has 1 aliphatic carbocycles. The minimum atomic E-state index is -0.887. The van der Waals surface area contributed by atoms with Crippen LogP contribution in [0.3, 0.4) is 0 Å². The van der Waals surface area contributed by atoms with E-state index in [4.69, 9.17) is 0 Å². The van der Waals surface area contributed by atoms with Gasteiger partial charge in [-0.15, -0.1) is 0 Å². The Morgan fingerprint density at radius 1 is 1.46 bits per heavy atom. The average Bonchev–Trinajstić information content (AvgIpc) is 2.04. The Kier molecular flexibility index (Phi) is 2.91. The highest BCUT2D eigenvalue weighted by Crippen LogP contribution is 2.34. The smallest absolute Gasteiger partial charge is 0.219 e. The van der Waals surface area contributed by atoms with Crippen molar-refractivity contribution < 1.29 is 10.0 Å². The topological polar surface area (TPSA) is 63.4 Å². The minimum absolute atomic E-state index is 0.0197. The first-order chi connectivity index (χ1) is 5.94. The van der Waals surface area contributed by atoms with Crippen LogP contribution in [0.25, 0.3) is 0 Å². The number of nitrogens with zero attached hydrogens (tertiary/aromatic N) is 1. The van der Waals surface area contributed by atoms with Crippen molar-refractivity contribution in [3.05, 3.63) is 10.1 Å². The van der Waals surface area contributed by atoms with Crippen molar-refractivity contribution >= 4 is 0 Å². The number of aliphatic hydroxyl groups is 1. The number of aliphatic hydroxyl groups excluding tert-OH is 1. The third kappa shape index (κ3) is 2.18. The van der Waals surface area contributed by atoms with E-state index < -0.39 is 5.54 Å². The molecule has 0 aromatic heterocycles. The molecule has 0 unspecified atom stereocenters. The van der Waals surface area contributed by atoms with Crippen molar-refractivity contribution in [3.63, 3.8) is 0 Å². The minimum Gasteiger partial charge on any atom is -0.393 e. The Morgan fingerprint density at radius 2 is 2.08 bits per heavy atom. The maximum absolute atomic E-state index is 10.8. The lowest BCUT2D eigenvalue weighted by molar-refractivity contribution is -0.572. The Hall–Kier alpha value is -0.640. The predicted octanol–water partition coefficient (Wildman–Crippen LogP) is 1.59. The molecule has 0 aromatic rings. The summed E-state index contributed by atoms with van der Waals surface area (Å²) in [4.78, 5) is 10.5. The lowest BCUT2D eigenvalue weighted by atomic mass is 9.76. The molecule has 0 aromatic carbocycles. The Bertz CT molecular complexity index is 203. The van der Waals surface area contributed by atoms with Crippen LogP contribution in [0.5, 0.6) is 0 Å². The molecule has 13 heavy (non-hydrogen) atoms. The number of rotatable bonds is 2. The van der Waals surface area contributed by atoms with Gasteiger partial charge in [-0.05, 0) is 19.3 Å². The molecule has 1 N–H and O–H groups in total. The molecule has 1 fully saturated rings. The van der Waals surface area contributed by atoms with Gasteiger partial charge < -0.3 is 5.11 Å². The van der Waals surface area contributed by atoms with Gasteiger partial charge >= 0.3 is 0 Å². The SMILES string of the molecule is CC(C)([C@@H]1CCC[C@@H](O)C1)[N+](=O)[O-]. The van der Waals surface area contributed by atoms with Gasteiger partial charge in [0.2, 0.25) is 5.54 Å². The molecule has 4 heteroatoms. The second-order valence-corrected chi connectivity index (χ2v) is 4.43. The summed E-state index contributed by atoms with van der Waals surface area (Å²) >= 11 is 0. The molecule has 0 amide bonds. The fourth-order valence-electron chi connectivity index (χ4n) is 1.95. The Balaban J connectivity index is 2.64. The molecule has 1 aliphatic rings. The molecule has 0 bridgehead atoms. The highest BCUT2D eigenvalue weighted by molar-refractivity contribution is 4.83. The summed E-state index contributed by atoms with van der Waals surface area (Å²) in [6.45, 7) is 3.30. The quantitative estimate of drug-likeness (QED) is 0.527. The average molecular weight is 187 g/mol. The monoisotopic (exact) mass is 187 g/mol. The lowest BCUT2D eigenvalue weighted by Crippen LogP contribution is -2.42. The van der Waals surface area contributed by atoms with E-state index in [1.54, 1.807) is 13.8 Å². The van der Waals surface area contributed by atoms with Crippen molar-refractivity contribution in [2.75, 3.05) is 0 Å². The third-order valence-corrected chi connectivity index (χ3v) is 3.12. The van der Waals surface area contributed by atoms with Gasteiger partial charge in [0.25, 0.3) is 0 Å². The summed E-state index contributed by atoms with van der Waals surface area (Å²) in [6, 6.07) is 0. The summed E-state index contributed by atoms with van der Waals surface area (Å²) in [6.07, 6.45) is 2.81. The van der Waals surface area contributed by atoms with Gasteiger partial charge in [-0.25, -0.2) is 0 Å². The van der Waals surface area contributed by atoms with Gasteiger partial charge in [0.05, 0.1) is 6.10 Å². The van der Waals surface area contributed by atoms with Crippen molar-refractivity contribution in [3.8, 4) is 0 Å². The first kappa shape index (κ1) is 10.4. The summed E-state index contributed by atoms with van der Waals surface area (Å²) in [5.74, 6) is 0.0197. The molecule has 0 radical (unpaired) electrons. The fraction of sp³-hybridized carbons (Fsp3) is 1.00. The number of nitro groups is 1. The van der Waals surface area contributed by atoms with Crippen LogP contribution in [-0.4, -0.2) is 21.7 Å². The zero-order valence-electron chi connectivity index (χ0n) is 8.19. The summed E-state index contributed by atoms with van der Waals surface area (Å²) in [5.41, 5.74) is -0.887. The normalized spacial score (nSPS) is 30.1. The van der Waals surface area contributed by atoms with Gasteiger partial charge in [-0.2, -0.15) is 0 Å². The fourth-order valence-corrected chi connectivity index (χ4v) is 1.95. The molecule has 2 atom stereocenters. The van der Waals surface area contributed by atoms with E-state index in [-0.39, 0.29) is 16.9 Å². The molecule has 76 valence electrons. The van der Waals surface area contributed by atoms with Crippen LogP contribution in [0.15, 0.2) is 0 Å². The third-order valence-electron chi connectivity index (χ3n) is 3.12. The van der Waals surface area contributed by atoms with Crippen molar-refractivity contribution in [1.82, 2.24) is 0 Å².